The Kier molecular flexibility index (Phi) is 55.9. The van der Waals surface area contributed by atoms with Crippen molar-refractivity contribution < 1.29 is 28.6 Å². The van der Waals surface area contributed by atoms with Crippen molar-refractivity contribution in [2.24, 2.45) is 0 Å². The number of carbonyl (C=O) groups is 3. The summed E-state index contributed by atoms with van der Waals surface area (Å²) in [5.74, 6) is -0.956. The number of ether oxygens (including phenoxy) is 3. The van der Waals surface area contributed by atoms with E-state index in [1.807, 2.05) is 0 Å². The van der Waals surface area contributed by atoms with Crippen molar-refractivity contribution in [2.45, 2.75) is 264 Å². The van der Waals surface area contributed by atoms with Crippen LogP contribution in [-0.2, 0) is 28.6 Å². The fraction of sp³-hybridized carbons (Fsp3) is 0.652. The lowest BCUT2D eigenvalue weighted by atomic mass is 10.0. The van der Waals surface area contributed by atoms with Gasteiger partial charge in [0.1, 0.15) is 13.2 Å². The van der Waals surface area contributed by atoms with E-state index in [9.17, 15) is 14.4 Å². The lowest BCUT2D eigenvalue weighted by molar-refractivity contribution is -0.167. The van der Waals surface area contributed by atoms with Crippen LogP contribution in [0.4, 0.5) is 0 Å². The standard InChI is InChI=1S/C66H108O6/c1-4-7-10-13-16-19-22-25-28-29-30-31-32-33-34-35-36-37-39-41-44-47-50-53-56-59-65(68)71-62-63(61-70-64(67)58-55-52-49-46-43-40-27-24-21-18-15-12-9-6-3)72-66(69)60-57-54-51-48-45-42-38-26-23-20-17-14-11-8-5-2/h7-8,10-11,16-17,19-20,25-26,28,30-31,33-34,36-38,45,48,63H,4-6,9,12-15,18,21-24,27,29,32,35,39-44,46-47,49-62H2,1-3H3/b10-7-,11-8-,19-16-,20-17-,28-25-,31-30-,34-33-,37-36-,38-26-,48-45-. The average Bonchev–Trinajstić information content (AvgIpc) is 3.38. The summed E-state index contributed by atoms with van der Waals surface area (Å²) < 4.78 is 16.8. The van der Waals surface area contributed by atoms with E-state index in [-0.39, 0.29) is 37.5 Å². The third kappa shape index (κ3) is 56.7. The third-order valence-electron chi connectivity index (χ3n) is 12.2. The highest BCUT2D eigenvalue weighted by atomic mass is 16.6. The summed E-state index contributed by atoms with van der Waals surface area (Å²) in [7, 11) is 0. The second-order valence-electron chi connectivity index (χ2n) is 19.1. The van der Waals surface area contributed by atoms with Gasteiger partial charge >= 0.3 is 17.9 Å². The van der Waals surface area contributed by atoms with Gasteiger partial charge in [0, 0.05) is 19.3 Å². The summed E-state index contributed by atoms with van der Waals surface area (Å²) in [6, 6.07) is 0. The van der Waals surface area contributed by atoms with Crippen LogP contribution in [0.25, 0.3) is 0 Å². The van der Waals surface area contributed by atoms with Gasteiger partial charge in [0.2, 0.25) is 0 Å². The maximum absolute atomic E-state index is 12.8. The summed E-state index contributed by atoms with van der Waals surface area (Å²) >= 11 is 0. The van der Waals surface area contributed by atoms with Crippen LogP contribution in [0.3, 0.4) is 0 Å². The smallest absolute Gasteiger partial charge is 0.306 e. The van der Waals surface area contributed by atoms with Crippen LogP contribution in [0, 0.1) is 0 Å². The summed E-state index contributed by atoms with van der Waals surface area (Å²) in [5, 5.41) is 0. The number of hydrogen-bond donors (Lipinski definition) is 0. The minimum absolute atomic E-state index is 0.100. The molecule has 0 rings (SSSR count). The number of allylic oxidation sites excluding steroid dienone is 20. The van der Waals surface area contributed by atoms with Crippen molar-refractivity contribution in [2.75, 3.05) is 13.2 Å². The first-order valence-electron chi connectivity index (χ1n) is 29.5. The molecule has 0 aliphatic rings. The van der Waals surface area contributed by atoms with Gasteiger partial charge in [0.25, 0.3) is 0 Å². The zero-order valence-corrected chi connectivity index (χ0v) is 46.7. The number of rotatable bonds is 52. The molecule has 0 bridgehead atoms. The molecule has 6 nitrogen and oxygen atoms in total. The molecule has 0 N–H and O–H groups in total. The van der Waals surface area contributed by atoms with E-state index in [0.717, 1.165) is 128 Å². The Bertz CT molecular complexity index is 1520. The zero-order valence-electron chi connectivity index (χ0n) is 46.7. The first-order valence-corrected chi connectivity index (χ1v) is 29.5. The minimum Gasteiger partial charge on any atom is -0.462 e. The van der Waals surface area contributed by atoms with Crippen molar-refractivity contribution in [3.05, 3.63) is 122 Å². The maximum Gasteiger partial charge on any atom is 0.306 e. The SMILES string of the molecule is CC/C=C\C/C=C\C/C=C\C/C=C\C/C=C\C/C=C\CCCCCCCCC(=O)OCC(COC(=O)CCCCCCCCCCCCCCCC)OC(=O)CCCC/C=C\C/C=C\C/C=C\C/C=C\CC. The largest absolute Gasteiger partial charge is 0.462 e. The molecule has 0 aliphatic carbocycles. The predicted octanol–water partition coefficient (Wildman–Crippen LogP) is 20.0. The van der Waals surface area contributed by atoms with Crippen molar-refractivity contribution in [3.63, 3.8) is 0 Å². The van der Waals surface area contributed by atoms with Gasteiger partial charge in [-0.3, -0.25) is 14.4 Å². The van der Waals surface area contributed by atoms with E-state index in [1.54, 1.807) is 0 Å². The van der Waals surface area contributed by atoms with Crippen LogP contribution in [0.1, 0.15) is 258 Å². The van der Waals surface area contributed by atoms with Gasteiger partial charge in [0.15, 0.2) is 6.10 Å². The molecular weight excluding hydrogens is 889 g/mol. The van der Waals surface area contributed by atoms with Crippen molar-refractivity contribution in [1.29, 1.82) is 0 Å². The molecule has 0 saturated heterocycles. The fourth-order valence-electron chi connectivity index (χ4n) is 7.85. The van der Waals surface area contributed by atoms with Gasteiger partial charge in [-0.15, -0.1) is 0 Å². The Labute approximate surface area is 443 Å². The Morgan fingerprint density at radius 3 is 0.875 bits per heavy atom. The predicted molar refractivity (Wildman–Crippen MR) is 311 cm³/mol. The lowest BCUT2D eigenvalue weighted by Crippen LogP contribution is -2.30. The van der Waals surface area contributed by atoms with Gasteiger partial charge in [0.05, 0.1) is 0 Å². The highest BCUT2D eigenvalue weighted by Gasteiger charge is 2.19. The molecule has 72 heavy (non-hydrogen) atoms. The highest BCUT2D eigenvalue weighted by molar-refractivity contribution is 5.71. The van der Waals surface area contributed by atoms with Crippen LogP contribution in [0.2, 0.25) is 0 Å². The van der Waals surface area contributed by atoms with Crippen LogP contribution in [0.15, 0.2) is 122 Å². The van der Waals surface area contributed by atoms with E-state index < -0.39 is 6.10 Å². The van der Waals surface area contributed by atoms with Crippen molar-refractivity contribution in [3.8, 4) is 0 Å². The molecular formula is C66H108O6. The summed E-state index contributed by atoms with van der Waals surface area (Å²) in [5.41, 5.74) is 0. The molecule has 0 saturated carbocycles. The van der Waals surface area contributed by atoms with Crippen LogP contribution >= 0.6 is 0 Å². The first kappa shape index (κ1) is 67.8. The number of unbranched alkanes of at least 4 members (excludes halogenated alkanes) is 21. The molecule has 1 atom stereocenters. The van der Waals surface area contributed by atoms with Crippen LogP contribution in [0.5, 0.6) is 0 Å². The molecule has 408 valence electrons. The number of esters is 3. The van der Waals surface area contributed by atoms with E-state index in [2.05, 4.69) is 142 Å². The zero-order chi connectivity index (χ0) is 52.2. The summed E-state index contributed by atoms with van der Waals surface area (Å²) in [6.07, 6.45) is 81.9. The summed E-state index contributed by atoms with van der Waals surface area (Å²) in [6.45, 7) is 6.37. The van der Waals surface area contributed by atoms with Crippen molar-refractivity contribution in [1.82, 2.24) is 0 Å². The van der Waals surface area contributed by atoms with E-state index in [4.69, 9.17) is 14.2 Å². The quantitative estimate of drug-likeness (QED) is 0.0261. The number of hydrogen-bond acceptors (Lipinski definition) is 6. The van der Waals surface area contributed by atoms with E-state index in [1.165, 1.54) is 83.5 Å². The molecule has 6 heteroatoms. The fourth-order valence-corrected chi connectivity index (χ4v) is 7.85. The molecule has 0 radical (unpaired) electrons. The number of carbonyl (C=O) groups excluding carboxylic acids is 3. The molecule has 0 aliphatic heterocycles. The molecule has 0 fully saturated rings. The normalized spacial score (nSPS) is 13.0. The van der Waals surface area contributed by atoms with Gasteiger partial charge in [-0.1, -0.05) is 251 Å². The topological polar surface area (TPSA) is 78.9 Å². The molecule has 0 spiro atoms. The molecule has 0 heterocycles. The second kappa shape index (κ2) is 59.4. The van der Waals surface area contributed by atoms with E-state index in [0.29, 0.717) is 19.3 Å². The Morgan fingerprint density at radius 1 is 0.292 bits per heavy atom. The minimum atomic E-state index is -0.808. The van der Waals surface area contributed by atoms with Crippen LogP contribution in [-0.4, -0.2) is 37.2 Å². The van der Waals surface area contributed by atoms with E-state index >= 15 is 0 Å². The third-order valence-corrected chi connectivity index (χ3v) is 12.2. The van der Waals surface area contributed by atoms with Crippen molar-refractivity contribution >= 4 is 17.9 Å². The van der Waals surface area contributed by atoms with Gasteiger partial charge < -0.3 is 14.2 Å². The molecule has 1 unspecified atom stereocenters. The molecule has 0 amide bonds. The maximum atomic E-state index is 12.8. The van der Waals surface area contributed by atoms with Crippen LogP contribution < -0.4 is 0 Å². The highest BCUT2D eigenvalue weighted by Crippen LogP contribution is 2.15. The molecule has 0 aromatic heterocycles. The Balaban J connectivity index is 4.42. The molecule has 0 aromatic carbocycles. The first-order chi connectivity index (χ1) is 35.5. The van der Waals surface area contributed by atoms with Gasteiger partial charge in [-0.25, -0.2) is 0 Å². The summed E-state index contributed by atoms with van der Waals surface area (Å²) in [4.78, 5) is 38.2. The average molecular weight is 998 g/mol. The monoisotopic (exact) mass is 997 g/mol. The van der Waals surface area contributed by atoms with Gasteiger partial charge in [-0.2, -0.15) is 0 Å². The Morgan fingerprint density at radius 2 is 0.542 bits per heavy atom. The van der Waals surface area contributed by atoms with Gasteiger partial charge in [-0.05, 0) is 109 Å². The second-order valence-corrected chi connectivity index (χ2v) is 19.1. The Hall–Kier alpha value is -4.19. The lowest BCUT2D eigenvalue weighted by Gasteiger charge is -2.18. The molecule has 0 aromatic rings.